The van der Waals surface area contributed by atoms with E-state index in [2.05, 4.69) is 64.5 Å². The van der Waals surface area contributed by atoms with Gasteiger partial charge in [0, 0.05) is 18.6 Å². The number of esters is 1. The molecule has 0 bridgehead atoms. The quantitative estimate of drug-likeness (QED) is 0.481. The standard InChI is InChI=1S/C28H40N6O3/c1-4-37-25(35)20-33-19-24(29-30-33)18-32-21-27(34(26(32)36)17-22-9-8-10-22)13-15-28(16-14-27,31(2)3)23-11-6-5-7-12-23/h5-7,11-12,19,22H,4,8-10,13-18,20-21H2,1-3H3/t27-,28+. The summed E-state index contributed by atoms with van der Waals surface area (Å²) in [6, 6.07) is 10.9. The van der Waals surface area contributed by atoms with Crippen molar-refractivity contribution in [2.24, 2.45) is 5.92 Å². The van der Waals surface area contributed by atoms with Crippen LogP contribution in [0.5, 0.6) is 0 Å². The number of amides is 2. The van der Waals surface area contributed by atoms with Crippen LogP contribution in [0.2, 0.25) is 0 Å². The Morgan fingerprint density at radius 1 is 1.14 bits per heavy atom. The third-order valence-electron chi connectivity index (χ3n) is 8.94. The number of carbonyl (C=O) groups is 2. The lowest BCUT2D eigenvalue weighted by molar-refractivity contribution is -0.144. The highest BCUT2D eigenvalue weighted by Crippen LogP contribution is 2.49. The lowest BCUT2D eigenvalue weighted by Crippen LogP contribution is -2.56. The second-order valence-corrected chi connectivity index (χ2v) is 11.3. The van der Waals surface area contributed by atoms with E-state index in [1.54, 1.807) is 13.1 Å². The summed E-state index contributed by atoms with van der Waals surface area (Å²) in [6.07, 6.45) is 9.43. The van der Waals surface area contributed by atoms with Crippen molar-refractivity contribution in [2.45, 2.75) is 76.0 Å². The summed E-state index contributed by atoms with van der Waals surface area (Å²) >= 11 is 0. The summed E-state index contributed by atoms with van der Waals surface area (Å²) in [5.41, 5.74) is 1.89. The average molecular weight is 509 g/mol. The minimum Gasteiger partial charge on any atom is -0.465 e. The maximum absolute atomic E-state index is 13.8. The largest absolute Gasteiger partial charge is 0.465 e. The molecule has 1 aliphatic heterocycles. The van der Waals surface area contributed by atoms with Gasteiger partial charge in [0.15, 0.2) is 0 Å². The summed E-state index contributed by atoms with van der Waals surface area (Å²) in [5.74, 6) is 0.271. The van der Waals surface area contributed by atoms with Crippen molar-refractivity contribution >= 4 is 12.0 Å². The van der Waals surface area contributed by atoms with Crippen molar-refractivity contribution in [3.8, 4) is 0 Å². The zero-order valence-corrected chi connectivity index (χ0v) is 22.4. The van der Waals surface area contributed by atoms with Gasteiger partial charge in [-0.3, -0.25) is 9.69 Å². The molecule has 37 heavy (non-hydrogen) atoms. The fourth-order valence-corrected chi connectivity index (χ4v) is 6.53. The summed E-state index contributed by atoms with van der Waals surface area (Å²) < 4.78 is 6.50. The second kappa shape index (κ2) is 10.4. The van der Waals surface area contributed by atoms with E-state index in [0.29, 0.717) is 31.3 Å². The van der Waals surface area contributed by atoms with E-state index in [9.17, 15) is 9.59 Å². The first-order chi connectivity index (χ1) is 17.8. The second-order valence-electron chi connectivity index (χ2n) is 11.3. The van der Waals surface area contributed by atoms with Crippen molar-refractivity contribution < 1.29 is 14.3 Å². The summed E-state index contributed by atoms with van der Waals surface area (Å²) in [6.45, 7) is 4.11. The number of benzene rings is 1. The number of aromatic nitrogens is 3. The van der Waals surface area contributed by atoms with Crippen LogP contribution in [-0.4, -0.2) is 81.0 Å². The zero-order chi connectivity index (χ0) is 26.0. The van der Waals surface area contributed by atoms with Crippen molar-refractivity contribution in [3.05, 3.63) is 47.8 Å². The van der Waals surface area contributed by atoms with Gasteiger partial charge in [-0.2, -0.15) is 0 Å². The van der Waals surface area contributed by atoms with Crippen LogP contribution in [0, 0.1) is 5.92 Å². The van der Waals surface area contributed by atoms with Crippen LogP contribution < -0.4 is 0 Å². The molecule has 3 fully saturated rings. The summed E-state index contributed by atoms with van der Waals surface area (Å²) in [4.78, 5) is 32.2. The lowest BCUT2D eigenvalue weighted by Gasteiger charge is -2.51. The molecule has 1 aromatic heterocycles. The Hall–Kier alpha value is -2.94. The predicted molar refractivity (Wildman–Crippen MR) is 140 cm³/mol. The minimum absolute atomic E-state index is 0.0130. The van der Waals surface area contributed by atoms with E-state index in [1.165, 1.54) is 29.5 Å². The Morgan fingerprint density at radius 2 is 1.86 bits per heavy atom. The molecule has 2 aromatic rings. The van der Waals surface area contributed by atoms with E-state index in [4.69, 9.17) is 4.74 Å². The molecule has 0 radical (unpaired) electrons. The average Bonchev–Trinajstić information content (AvgIpc) is 3.39. The van der Waals surface area contributed by atoms with Gasteiger partial charge in [0.05, 0.1) is 24.9 Å². The zero-order valence-electron chi connectivity index (χ0n) is 22.4. The maximum atomic E-state index is 13.8. The number of hydrogen-bond acceptors (Lipinski definition) is 6. The molecule has 1 spiro atoms. The lowest BCUT2D eigenvalue weighted by atomic mass is 9.68. The van der Waals surface area contributed by atoms with Crippen LogP contribution in [-0.2, 0) is 28.2 Å². The fraction of sp³-hybridized carbons (Fsp3) is 0.643. The number of hydrogen-bond donors (Lipinski definition) is 0. The molecule has 2 aliphatic carbocycles. The molecular formula is C28H40N6O3. The Bertz CT molecular complexity index is 1090. The van der Waals surface area contributed by atoms with Crippen LogP contribution >= 0.6 is 0 Å². The minimum atomic E-state index is -0.341. The molecular weight excluding hydrogens is 468 g/mol. The van der Waals surface area contributed by atoms with Gasteiger partial charge in [0.2, 0.25) is 0 Å². The van der Waals surface area contributed by atoms with E-state index in [-0.39, 0.29) is 29.6 Å². The van der Waals surface area contributed by atoms with Gasteiger partial charge in [-0.25, -0.2) is 9.48 Å². The highest BCUT2D eigenvalue weighted by atomic mass is 16.5. The number of ether oxygens (including phenoxy) is 1. The van der Waals surface area contributed by atoms with Gasteiger partial charge >= 0.3 is 12.0 Å². The molecule has 2 heterocycles. The Kier molecular flexibility index (Phi) is 7.25. The first-order valence-corrected chi connectivity index (χ1v) is 13.7. The van der Waals surface area contributed by atoms with Crippen molar-refractivity contribution in [1.82, 2.24) is 29.7 Å². The summed E-state index contributed by atoms with van der Waals surface area (Å²) in [5, 5.41) is 8.33. The third-order valence-corrected chi connectivity index (χ3v) is 8.94. The first-order valence-electron chi connectivity index (χ1n) is 13.7. The van der Waals surface area contributed by atoms with Crippen LogP contribution in [0.1, 0.15) is 63.1 Å². The van der Waals surface area contributed by atoms with E-state index in [0.717, 1.165) is 32.2 Å². The van der Waals surface area contributed by atoms with Crippen LogP contribution in [0.3, 0.4) is 0 Å². The van der Waals surface area contributed by atoms with Gasteiger partial charge in [-0.1, -0.05) is 42.0 Å². The molecule has 0 atom stereocenters. The van der Waals surface area contributed by atoms with Crippen molar-refractivity contribution in [1.29, 1.82) is 0 Å². The topological polar surface area (TPSA) is 83.8 Å². The van der Waals surface area contributed by atoms with Crippen molar-refractivity contribution in [3.63, 3.8) is 0 Å². The van der Waals surface area contributed by atoms with Gasteiger partial charge < -0.3 is 14.5 Å². The van der Waals surface area contributed by atoms with Crippen molar-refractivity contribution in [2.75, 3.05) is 33.8 Å². The maximum Gasteiger partial charge on any atom is 0.327 e. The highest BCUT2D eigenvalue weighted by molar-refractivity contribution is 5.78. The van der Waals surface area contributed by atoms with E-state index < -0.39 is 0 Å². The normalized spacial score (nSPS) is 26.2. The van der Waals surface area contributed by atoms with Gasteiger partial charge in [0.25, 0.3) is 0 Å². The van der Waals surface area contributed by atoms with Gasteiger partial charge in [-0.15, -0.1) is 5.10 Å². The fourth-order valence-electron chi connectivity index (χ4n) is 6.53. The number of rotatable bonds is 9. The molecule has 2 saturated carbocycles. The molecule has 0 unspecified atom stereocenters. The van der Waals surface area contributed by atoms with Crippen LogP contribution in [0.15, 0.2) is 36.5 Å². The van der Waals surface area contributed by atoms with E-state index in [1.807, 2.05) is 4.90 Å². The molecule has 9 heteroatoms. The molecule has 9 nitrogen and oxygen atoms in total. The smallest absolute Gasteiger partial charge is 0.327 e. The molecule has 0 N–H and O–H groups in total. The van der Waals surface area contributed by atoms with Crippen LogP contribution in [0.4, 0.5) is 4.79 Å². The monoisotopic (exact) mass is 508 g/mol. The SMILES string of the molecule is CCOC(=O)Cn1cc(CN2C[C@]3(CC[C@](c4ccccc4)(N(C)C)CC3)N(CC3CCC3)C2=O)nn1. The molecule has 200 valence electrons. The van der Waals surface area contributed by atoms with E-state index >= 15 is 0 Å². The Labute approximate surface area is 219 Å². The number of carbonyl (C=O) groups excluding carboxylic acids is 2. The Morgan fingerprint density at radius 3 is 2.49 bits per heavy atom. The molecule has 5 rings (SSSR count). The number of urea groups is 1. The molecule has 1 aromatic carbocycles. The summed E-state index contributed by atoms with van der Waals surface area (Å²) in [7, 11) is 4.37. The Balaban J connectivity index is 1.33. The third kappa shape index (κ3) is 4.98. The number of nitrogens with zero attached hydrogens (tertiary/aromatic N) is 6. The predicted octanol–water partition coefficient (Wildman–Crippen LogP) is 3.65. The molecule has 1 saturated heterocycles. The highest BCUT2D eigenvalue weighted by Gasteiger charge is 2.54. The van der Waals surface area contributed by atoms with Gasteiger partial charge in [-0.05, 0) is 71.0 Å². The molecule has 3 aliphatic rings. The first kappa shape index (κ1) is 25.7. The van der Waals surface area contributed by atoms with Crippen LogP contribution in [0.25, 0.3) is 0 Å². The van der Waals surface area contributed by atoms with Gasteiger partial charge in [0.1, 0.15) is 12.2 Å². The molecule has 2 amide bonds.